The fraction of sp³-hybridized carbons (Fsp3) is 0.611. The summed E-state index contributed by atoms with van der Waals surface area (Å²) in [5, 5.41) is 3.10. The minimum atomic E-state index is -0.0654. The molecule has 1 saturated carbocycles. The van der Waals surface area contributed by atoms with Crippen LogP contribution in [0.2, 0.25) is 0 Å². The Kier molecular flexibility index (Phi) is 4.72. The van der Waals surface area contributed by atoms with E-state index in [-0.39, 0.29) is 23.3 Å². The van der Waals surface area contributed by atoms with Gasteiger partial charge in [-0.05, 0) is 48.3 Å². The van der Waals surface area contributed by atoms with E-state index in [1.165, 1.54) is 5.56 Å². The number of amides is 1. The van der Waals surface area contributed by atoms with Gasteiger partial charge in [-0.15, -0.1) is 0 Å². The summed E-state index contributed by atoms with van der Waals surface area (Å²) in [6.07, 6.45) is 2.78. The number of rotatable bonds is 3. The maximum absolute atomic E-state index is 12.7. The molecule has 3 atom stereocenters. The summed E-state index contributed by atoms with van der Waals surface area (Å²) in [5.41, 5.74) is 8.25. The number of aryl methyl sites for hydroxylation is 1. The first kappa shape index (κ1) is 16.0. The van der Waals surface area contributed by atoms with Crippen molar-refractivity contribution in [3.05, 3.63) is 29.8 Å². The molecular weight excluding hydrogens is 260 g/mol. The van der Waals surface area contributed by atoms with Gasteiger partial charge in [0, 0.05) is 17.6 Å². The molecular formula is C18H28N2O. The van der Waals surface area contributed by atoms with Gasteiger partial charge in [-0.1, -0.05) is 39.8 Å². The molecule has 0 aromatic heterocycles. The van der Waals surface area contributed by atoms with Crippen molar-refractivity contribution in [2.45, 2.75) is 53.0 Å². The van der Waals surface area contributed by atoms with Crippen LogP contribution in [0.15, 0.2) is 24.3 Å². The van der Waals surface area contributed by atoms with Crippen molar-refractivity contribution < 1.29 is 4.79 Å². The van der Waals surface area contributed by atoms with Gasteiger partial charge in [-0.2, -0.15) is 0 Å². The zero-order valence-corrected chi connectivity index (χ0v) is 13.6. The highest BCUT2D eigenvalue weighted by Gasteiger charge is 2.44. The van der Waals surface area contributed by atoms with Crippen molar-refractivity contribution >= 4 is 11.6 Å². The number of benzene rings is 1. The van der Waals surface area contributed by atoms with Crippen LogP contribution in [0.5, 0.6) is 0 Å². The molecule has 1 fully saturated rings. The molecule has 0 radical (unpaired) electrons. The van der Waals surface area contributed by atoms with Crippen LogP contribution < -0.4 is 11.1 Å². The molecule has 116 valence electrons. The number of nitrogens with one attached hydrogen (secondary N) is 1. The lowest BCUT2D eigenvalue weighted by Crippen LogP contribution is -2.50. The van der Waals surface area contributed by atoms with Gasteiger partial charge in [0.05, 0.1) is 0 Å². The standard InChI is InChI=1S/C18H28N2O/c1-5-13-7-6-8-14(11-13)20-17(21)15-9-10-16(19)12(2)18(15,3)4/h6-8,11-12,15-16H,5,9-10,19H2,1-4H3,(H,20,21). The number of nitrogens with two attached hydrogens (primary N) is 1. The quantitative estimate of drug-likeness (QED) is 0.893. The molecule has 0 aliphatic heterocycles. The number of carbonyl (C=O) groups is 1. The second kappa shape index (κ2) is 6.18. The van der Waals surface area contributed by atoms with E-state index in [4.69, 9.17) is 5.73 Å². The van der Waals surface area contributed by atoms with Crippen LogP contribution in [0.4, 0.5) is 5.69 Å². The number of anilines is 1. The first-order chi connectivity index (χ1) is 9.86. The van der Waals surface area contributed by atoms with E-state index < -0.39 is 0 Å². The molecule has 0 spiro atoms. The van der Waals surface area contributed by atoms with E-state index in [1.54, 1.807) is 0 Å². The van der Waals surface area contributed by atoms with Crippen LogP contribution >= 0.6 is 0 Å². The Hall–Kier alpha value is -1.35. The first-order valence-electron chi connectivity index (χ1n) is 8.01. The van der Waals surface area contributed by atoms with Gasteiger partial charge in [-0.3, -0.25) is 4.79 Å². The van der Waals surface area contributed by atoms with Crippen LogP contribution in [0.1, 0.15) is 46.1 Å². The van der Waals surface area contributed by atoms with E-state index >= 15 is 0 Å². The maximum Gasteiger partial charge on any atom is 0.228 e. The molecule has 1 aromatic carbocycles. The molecule has 1 aromatic rings. The summed E-state index contributed by atoms with van der Waals surface area (Å²) in [5.74, 6) is 0.508. The third-order valence-corrected chi connectivity index (χ3v) is 5.42. The van der Waals surface area contributed by atoms with E-state index in [9.17, 15) is 4.79 Å². The van der Waals surface area contributed by atoms with Gasteiger partial charge < -0.3 is 11.1 Å². The van der Waals surface area contributed by atoms with Crippen LogP contribution in [-0.2, 0) is 11.2 Å². The van der Waals surface area contributed by atoms with Crippen molar-refractivity contribution in [1.82, 2.24) is 0 Å². The maximum atomic E-state index is 12.7. The summed E-state index contributed by atoms with van der Waals surface area (Å²) in [6.45, 7) is 8.63. The van der Waals surface area contributed by atoms with Gasteiger partial charge >= 0.3 is 0 Å². The normalized spacial score (nSPS) is 28.1. The molecule has 2 rings (SSSR count). The van der Waals surface area contributed by atoms with Crippen LogP contribution in [-0.4, -0.2) is 11.9 Å². The summed E-state index contributed by atoms with van der Waals surface area (Å²) >= 11 is 0. The third kappa shape index (κ3) is 3.29. The van der Waals surface area contributed by atoms with Crippen LogP contribution in [0, 0.1) is 17.3 Å². The second-order valence-electron chi connectivity index (χ2n) is 6.95. The van der Waals surface area contributed by atoms with Gasteiger partial charge in [0.1, 0.15) is 0 Å². The Morgan fingerprint density at radius 1 is 1.38 bits per heavy atom. The zero-order chi connectivity index (χ0) is 15.6. The molecule has 21 heavy (non-hydrogen) atoms. The van der Waals surface area contributed by atoms with Crippen LogP contribution in [0.3, 0.4) is 0 Å². The lowest BCUT2D eigenvalue weighted by atomic mass is 9.61. The topological polar surface area (TPSA) is 55.1 Å². The number of carbonyl (C=O) groups excluding carboxylic acids is 1. The van der Waals surface area contributed by atoms with E-state index in [2.05, 4.69) is 45.1 Å². The van der Waals surface area contributed by atoms with Crippen LogP contribution in [0.25, 0.3) is 0 Å². The predicted octanol–water partition coefficient (Wildman–Crippen LogP) is 3.59. The van der Waals surface area contributed by atoms with E-state index in [0.717, 1.165) is 24.9 Å². The average Bonchev–Trinajstić information content (AvgIpc) is 2.45. The smallest absolute Gasteiger partial charge is 0.228 e. The van der Waals surface area contributed by atoms with E-state index in [0.29, 0.717) is 5.92 Å². The van der Waals surface area contributed by atoms with Gasteiger partial charge in [-0.25, -0.2) is 0 Å². The minimum absolute atomic E-state index is 0.0255. The third-order valence-electron chi connectivity index (χ3n) is 5.42. The molecule has 0 saturated heterocycles. The Labute approximate surface area is 128 Å². The van der Waals surface area contributed by atoms with Gasteiger partial charge in [0.2, 0.25) is 5.91 Å². The minimum Gasteiger partial charge on any atom is -0.327 e. The summed E-state index contributed by atoms with van der Waals surface area (Å²) in [6, 6.07) is 8.30. The Morgan fingerprint density at radius 3 is 2.76 bits per heavy atom. The van der Waals surface area contributed by atoms with Crippen molar-refractivity contribution in [2.75, 3.05) is 5.32 Å². The summed E-state index contributed by atoms with van der Waals surface area (Å²) in [7, 11) is 0. The van der Waals surface area contributed by atoms with Crippen molar-refractivity contribution in [2.24, 2.45) is 23.0 Å². The van der Waals surface area contributed by atoms with Gasteiger partial charge in [0.15, 0.2) is 0 Å². The fourth-order valence-corrected chi connectivity index (χ4v) is 3.42. The Morgan fingerprint density at radius 2 is 2.10 bits per heavy atom. The first-order valence-corrected chi connectivity index (χ1v) is 8.01. The molecule has 3 N–H and O–H groups in total. The number of hydrogen-bond donors (Lipinski definition) is 2. The van der Waals surface area contributed by atoms with Crippen molar-refractivity contribution in [3.63, 3.8) is 0 Å². The predicted molar refractivity (Wildman–Crippen MR) is 88.1 cm³/mol. The lowest BCUT2D eigenvalue weighted by Gasteiger charge is -2.46. The Bertz CT molecular complexity index is 510. The zero-order valence-electron chi connectivity index (χ0n) is 13.6. The summed E-state index contributed by atoms with van der Waals surface area (Å²) in [4.78, 5) is 12.7. The summed E-state index contributed by atoms with van der Waals surface area (Å²) < 4.78 is 0. The number of hydrogen-bond acceptors (Lipinski definition) is 2. The van der Waals surface area contributed by atoms with Crippen molar-refractivity contribution in [3.8, 4) is 0 Å². The molecule has 1 aliphatic rings. The van der Waals surface area contributed by atoms with Crippen molar-refractivity contribution in [1.29, 1.82) is 0 Å². The highest BCUT2D eigenvalue weighted by Crippen LogP contribution is 2.44. The SMILES string of the molecule is CCc1cccc(NC(=O)C2CCC(N)C(C)C2(C)C)c1. The molecule has 1 aliphatic carbocycles. The highest BCUT2D eigenvalue weighted by atomic mass is 16.1. The lowest BCUT2D eigenvalue weighted by molar-refractivity contribution is -0.127. The molecule has 3 unspecified atom stereocenters. The second-order valence-corrected chi connectivity index (χ2v) is 6.95. The fourth-order valence-electron chi connectivity index (χ4n) is 3.42. The highest BCUT2D eigenvalue weighted by molar-refractivity contribution is 5.93. The van der Waals surface area contributed by atoms with E-state index in [1.807, 2.05) is 12.1 Å². The average molecular weight is 288 g/mol. The largest absolute Gasteiger partial charge is 0.327 e. The molecule has 3 heteroatoms. The molecule has 0 bridgehead atoms. The molecule has 3 nitrogen and oxygen atoms in total. The Balaban J connectivity index is 2.12. The molecule has 0 heterocycles. The van der Waals surface area contributed by atoms with Gasteiger partial charge in [0.25, 0.3) is 0 Å². The molecule has 1 amide bonds. The monoisotopic (exact) mass is 288 g/mol.